The van der Waals surface area contributed by atoms with Gasteiger partial charge in [0, 0.05) is 50.8 Å². The minimum Gasteiger partial charge on any atom is -0.370 e. The van der Waals surface area contributed by atoms with E-state index in [1.807, 2.05) is 6.92 Å². The Labute approximate surface area is 194 Å². The maximum Gasteiger partial charge on any atom is 0.217 e. The summed E-state index contributed by atoms with van der Waals surface area (Å²) in [5, 5.41) is 3.00. The highest BCUT2D eigenvalue weighted by Crippen LogP contribution is 2.29. The van der Waals surface area contributed by atoms with E-state index in [-0.39, 0.29) is 11.3 Å². The van der Waals surface area contributed by atoms with Gasteiger partial charge in [0.25, 0.3) is 0 Å². The van der Waals surface area contributed by atoms with Gasteiger partial charge in [0.1, 0.15) is 0 Å². The number of hydrogen-bond donors (Lipinski definition) is 2. The summed E-state index contributed by atoms with van der Waals surface area (Å²) in [5.74, 6) is 0.464. The van der Waals surface area contributed by atoms with Crippen LogP contribution < -0.4 is 11.1 Å². The zero-order chi connectivity index (χ0) is 22.7. The highest BCUT2D eigenvalue weighted by Gasteiger charge is 2.41. The van der Waals surface area contributed by atoms with Crippen molar-refractivity contribution in [3.8, 4) is 0 Å². The number of piperidine rings is 3. The third-order valence-corrected chi connectivity index (χ3v) is 10.4. The lowest BCUT2D eigenvalue weighted by Gasteiger charge is -2.51. The molecule has 0 aromatic rings. The monoisotopic (exact) mass is 469 g/mol. The fraction of sp³-hybridized carbons (Fsp3) is 0.955. The first kappa shape index (κ1) is 24.2. The van der Waals surface area contributed by atoms with Crippen molar-refractivity contribution in [2.75, 3.05) is 66.0 Å². The zero-order valence-corrected chi connectivity index (χ0v) is 20.8. The molecule has 32 heavy (non-hydrogen) atoms. The molecule has 4 aliphatic heterocycles. The lowest BCUT2D eigenvalue weighted by atomic mass is 9.95. The van der Waals surface area contributed by atoms with Crippen LogP contribution >= 0.6 is 0 Å². The van der Waals surface area contributed by atoms with Gasteiger partial charge in [-0.15, -0.1) is 0 Å². The number of sulfonamides is 1. The molecule has 0 unspecified atom stereocenters. The summed E-state index contributed by atoms with van der Waals surface area (Å²) in [5.41, 5.74) is 5.86. The van der Waals surface area contributed by atoms with Crippen molar-refractivity contribution in [3.63, 3.8) is 0 Å². The Hall–Kier alpha value is -0.940. The normalized spacial score (nSPS) is 28.1. The Morgan fingerprint density at radius 3 is 2.12 bits per heavy atom. The van der Waals surface area contributed by atoms with Crippen LogP contribution in [0, 0.1) is 0 Å². The van der Waals surface area contributed by atoms with Crippen molar-refractivity contribution in [1.82, 2.24) is 24.3 Å². The van der Waals surface area contributed by atoms with Crippen LogP contribution in [0.3, 0.4) is 0 Å². The molecule has 4 fully saturated rings. The molecular weight excluding hydrogens is 426 g/mol. The highest BCUT2D eigenvalue weighted by atomic mass is 32.2. The standard InChI is InChI=1S/C22H43N7O2S/c1-3-24-22(23)25-18-4-14-29(15-5-18)32(30,31)21-8-12-27(13-9-21)20-16-28(17-20)19-6-10-26(2)11-7-19/h18-21H,3-17H2,1-2H3,(H3,23,24,25). The summed E-state index contributed by atoms with van der Waals surface area (Å²) in [6.45, 7) is 10.3. The fourth-order valence-electron chi connectivity index (χ4n) is 5.81. The van der Waals surface area contributed by atoms with Gasteiger partial charge in [-0.25, -0.2) is 12.7 Å². The molecule has 10 heteroatoms. The number of likely N-dealkylation sites (tertiary alicyclic amines) is 3. The van der Waals surface area contributed by atoms with Crippen LogP contribution in [0.1, 0.15) is 45.4 Å². The lowest BCUT2D eigenvalue weighted by molar-refractivity contribution is -0.0183. The van der Waals surface area contributed by atoms with Gasteiger partial charge in [-0.2, -0.15) is 0 Å². The Morgan fingerprint density at radius 1 is 0.906 bits per heavy atom. The van der Waals surface area contributed by atoms with Crippen LogP contribution in [0.2, 0.25) is 0 Å². The van der Waals surface area contributed by atoms with E-state index in [1.54, 1.807) is 4.31 Å². The second kappa shape index (κ2) is 10.5. The first-order valence-corrected chi connectivity index (χ1v) is 14.1. The topological polar surface area (TPSA) is 97.5 Å². The minimum absolute atomic E-state index is 0.213. The highest BCUT2D eigenvalue weighted by molar-refractivity contribution is 7.89. The lowest BCUT2D eigenvalue weighted by Crippen LogP contribution is -2.64. The summed E-state index contributed by atoms with van der Waals surface area (Å²) < 4.78 is 28.2. The Balaban J connectivity index is 1.19. The minimum atomic E-state index is -3.22. The maximum atomic E-state index is 13.2. The van der Waals surface area contributed by atoms with Crippen molar-refractivity contribution < 1.29 is 8.42 Å². The summed E-state index contributed by atoms with van der Waals surface area (Å²) in [4.78, 5) is 11.8. The summed E-state index contributed by atoms with van der Waals surface area (Å²) in [6.07, 6.45) is 5.67. The average molecular weight is 470 g/mol. The molecular formula is C22H43N7O2S. The second-order valence-corrected chi connectivity index (χ2v) is 12.3. The van der Waals surface area contributed by atoms with E-state index in [0.29, 0.717) is 31.6 Å². The van der Waals surface area contributed by atoms with Crippen molar-refractivity contribution in [3.05, 3.63) is 0 Å². The SMILES string of the molecule is CCN=C(N)NC1CCN(S(=O)(=O)C2CCN(C3CN(C4CCN(C)CC4)C3)CC2)CC1. The molecule has 4 rings (SSSR count). The quantitative estimate of drug-likeness (QED) is 0.416. The predicted octanol–water partition coefficient (Wildman–Crippen LogP) is -0.0524. The van der Waals surface area contributed by atoms with Crippen LogP contribution in [-0.2, 0) is 10.0 Å². The molecule has 0 amide bonds. The number of aliphatic imine (C=N–C) groups is 1. The maximum absolute atomic E-state index is 13.2. The number of nitrogens with two attached hydrogens (primary N) is 1. The summed E-state index contributed by atoms with van der Waals surface area (Å²) >= 11 is 0. The molecule has 0 aliphatic carbocycles. The van der Waals surface area contributed by atoms with E-state index >= 15 is 0 Å². The molecule has 0 atom stereocenters. The van der Waals surface area contributed by atoms with Crippen molar-refractivity contribution >= 4 is 16.0 Å². The van der Waals surface area contributed by atoms with Crippen LogP contribution in [0.5, 0.6) is 0 Å². The number of hydrogen-bond acceptors (Lipinski definition) is 6. The molecule has 184 valence electrons. The number of rotatable bonds is 6. The second-order valence-electron chi connectivity index (χ2n) is 10.1. The Kier molecular flexibility index (Phi) is 7.97. The number of nitrogens with one attached hydrogen (secondary N) is 1. The van der Waals surface area contributed by atoms with Gasteiger partial charge in [0.2, 0.25) is 10.0 Å². The van der Waals surface area contributed by atoms with Crippen LogP contribution in [0.25, 0.3) is 0 Å². The van der Waals surface area contributed by atoms with E-state index in [9.17, 15) is 8.42 Å². The molecule has 3 N–H and O–H groups in total. The molecule has 4 heterocycles. The van der Waals surface area contributed by atoms with Gasteiger partial charge in [-0.1, -0.05) is 0 Å². The summed E-state index contributed by atoms with van der Waals surface area (Å²) in [7, 11) is -1.00. The molecule has 0 saturated carbocycles. The smallest absolute Gasteiger partial charge is 0.217 e. The van der Waals surface area contributed by atoms with Crippen LogP contribution in [0.15, 0.2) is 4.99 Å². The van der Waals surface area contributed by atoms with E-state index < -0.39 is 10.0 Å². The fourth-order valence-corrected chi connectivity index (χ4v) is 7.75. The first-order chi connectivity index (χ1) is 15.4. The first-order valence-electron chi connectivity index (χ1n) is 12.6. The molecule has 0 aromatic heterocycles. The van der Waals surface area contributed by atoms with Gasteiger partial charge < -0.3 is 16.0 Å². The zero-order valence-electron chi connectivity index (χ0n) is 20.0. The van der Waals surface area contributed by atoms with Gasteiger partial charge >= 0.3 is 0 Å². The van der Waals surface area contributed by atoms with Crippen LogP contribution in [0.4, 0.5) is 0 Å². The Bertz CT molecular complexity index is 731. The third-order valence-electron chi connectivity index (χ3n) is 8.00. The average Bonchev–Trinajstić information content (AvgIpc) is 2.75. The largest absolute Gasteiger partial charge is 0.370 e. The van der Waals surface area contributed by atoms with Gasteiger partial charge in [0.05, 0.1) is 5.25 Å². The number of guanidine groups is 1. The summed E-state index contributed by atoms with van der Waals surface area (Å²) in [6, 6.07) is 1.58. The van der Waals surface area contributed by atoms with Crippen molar-refractivity contribution in [2.45, 2.75) is 68.8 Å². The van der Waals surface area contributed by atoms with Gasteiger partial charge in [-0.05, 0) is 78.7 Å². The van der Waals surface area contributed by atoms with E-state index in [4.69, 9.17) is 5.73 Å². The van der Waals surface area contributed by atoms with Crippen LogP contribution in [-0.4, -0.2) is 123 Å². The molecule has 0 aromatic carbocycles. The molecule has 9 nitrogen and oxygen atoms in total. The Morgan fingerprint density at radius 2 is 1.53 bits per heavy atom. The molecule has 4 aliphatic rings. The predicted molar refractivity (Wildman–Crippen MR) is 129 cm³/mol. The van der Waals surface area contributed by atoms with Gasteiger partial charge in [0.15, 0.2) is 5.96 Å². The molecule has 0 spiro atoms. The molecule has 0 bridgehead atoms. The molecule has 0 radical (unpaired) electrons. The van der Waals surface area contributed by atoms with E-state index in [1.165, 1.54) is 25.9 Å². The third kappa shape index (κ3) is 5.58. The van der Waals surface area contributed by atoms with Crippen molar-refractivity contribution in [2.24, 2.45) is 10.7 Å². The van der Waals surface area contributed by atoms with Crippen molar-refractivity contribution in [1.29, 1.82) is 0 Å². The van der Waals surface area contributed by atoms with E-state index in [2.05, 4.69) is 32.1 Å². The molecule has 4 saturated heterocycles. The van der Waals surface area contributed by atoms with E-state index in [0.717, 1.165) is 57.9 Å². The number of nitrogens with zero attached hydrogens (tertiary/aromatic N) is 5. The van der Waals surface area contributed by atoms with Gasteiger partial charge in [-0.3, -0.25) is 14.8 Å².